The fourth-order valence-electron chi connectivity index (χ4n) is 9.56. The molecule has 3 fully saturated rings. The van der Waals surface area contributed by atoms with E-state index >= 15 is 0 Å². The van der Waals surface area contributed by atoms with Crippen molar-refractivity contribution in [2.75, 3.05) is 26.4 Å². The van der Waals surface area contributed by atoms with Crippen LogP contribution in [-0.2, 0) is 33.2 Å². The zero-order chi connectivity index (χ0) is 53.4. The van der Waals surface area contributed by atoms with Crippen molar-refractivity contribution in [1.29, 1.82) is 0 Å². The maximum atomic E-state index is 13.3. The van der Waals surface area contributed by atoms with Gasteiger partial charge in [0.05, 0.1) is 38.6 Å². The average molecular weight is 1050 g/mol. The second-order valence-electron chi connectivity index (χ2n) is 20.4. The summed E-state index contributed by atoms with van der Waals surface area (Å²) in [5.74, 6) is -0.286. The number of allylic oxidation sites excluding steroid dienone is 3. The Hall–Kier alpha value is -1.73. The fourth-order valence-corrected chi connectivity index (χ4v) is 9.56. The van der Waals surface area contributed by atoms with Gasteiger partial charge in [0, 0.05) is 6.42 Å². The molecule has 0 radical (unpaired) electrons. The lowest BCUT2D eigenvalue weighted by molar-refractivity contribution is -0.379. The van der Waals surface area contributed by atoms with E-state index in [1.807, 2.05) is 6.08 Å². The number of hydrogen-bond acceptors (Lipinski definition) is 18. The van der Waals surface area contributed by atoms with Gasteiger partial charge in [-0.3, -0.25) is 4.79 Å². The first-order chi connectivity index (χ1) is 35.3. The number of ether oxygens (including phenoxy) is 6. The molecule has 3 aliphatic heterocycles. The minimum absolute atomic E-state index is 0.239. The first-order valence-electron chi connectivity index (χ1n) is 28.1. The monoisotopic (exact) mass is 1050 g/mol. The van der Waals surface area contributed by atoms with E-state index in [0.717, 1.165) is 38.5 Å². The molecule has 0 bridgehead atoms. The Labute approximate surface area is 435 Å². The molecule has 19 nitrogen and oxygen atoms in total. The summed E-state index contributed by atoms with van der Waals surface area (Å²) in [5.41, 5.74) is 0. The third-order valence-corrected chi connectivity index (χ3v) is 14.3. The lowest BCUT2D eigenvalue weighted by Gasteiger charge is -2.48. The Balaban J connectivity index is 1.52. The number of rotatable bonds is 40. The summed E-state index contributed by atoms with van der Waals surface area (Å²) in [7, 11) is 0. The number of carbonyl (C=O) groups excluding carboxylic acids is 1. The SMILES string of the molecule is CCCCCCC/C=C/CC/C=C/C(O)C(COC1OC(CO)C(OC2OC(CO)C(OC3OC(CO)C(O)C(O)C3O)C(O)C2O)C(O)C1O)NC(=O)CCCCCCCCCCCCCCCCCCC. The Kier molecular flexibility index (Phi) is 34.8. The number of nitrogens with one attached hydrogen (secondary N) is 1. The summed E-state index contributed by atoms with van der Waals surface area (Å²) in [6.07, 6.45) is 10.4. The van der Waals surface area contributed by atoms with E-state index in [-0.39, 0.29) is 18.9 Å². The first kappa shape index (κ1) is 65.6. The molecule has 3 aliphatic rings. The van der Waals surface area contributed by atoms with Crippen molar-refractivity contribution in [3.05, 3.63) is 24.3 Å². The van der Waals surface area contributed by atoms with Crippen molar-refractivity contribution in [3.8, 4) is 0 Å². The van der Waals surface area contributed by atoms with Gasteiger partial charge in [-0.1, -0.05) is 167 Å². The van der Waals surface area contributed by atoms with E-state index in [1.54, 1.807) is 6.08 Å². The topological polar surface area (TPSA) is 307 Å². The first-order valence-corrected chi connectivity index (χ1v) is 28.1. The molecule has 17 unspecified atom stereocenters. The molecular formula is C54H99NO18. The summed E-state index contributed by atoms with van der Waals surface area (Å²) in [4.78, 5) is 13.3. The summed E-state index contributed by atoms with van der Waals surface area (Å²) in [6.45, 7) is 1.66. The highest BCUT2D eigenvalue weighted by atomic mass is 16.8. The van der Waals surface area contributed by atoms with Crippen molar-refractivity contribution in [3.63, 3.8) is 0 Å². The highest BCUT2D eigenvalue weighted by Gasteiger charge is 2.53. The van der Waals surface area contributed by atoms with Gasteiger partial charge in [0.1, 0.15) is 73.2 Å². The molecule has 0 saturated carbocycles. The maximum Gasteiger partial charge on any atom is 0.220 e. The number of amides is 1. The summed E-state index contributed by atoms with van der Waals surface area (Å²) >= 11 is 0. The smallest absolute Gasteiger partial charge is 0.220 e. The Morgan fingerprint density at radius 3 is 1.37 bits per heavy atom. The predicted octanol–water partition coefficient (Wildman–Crippen LogP) is 3.59. The van der Waals surface area contributed by atoms with Gasteiger partial charge >= 0.3 is 0 Å². The van der Waals surface area contributed by atoms with Crippen molar-refractivity contribution in [1.82, 2.24) is 5.32 Å². The van der Waals surface area contributed by atoms with E-state index in [0.29, 0.717) is 12.8 Å². The third-order valence-electron chi connectivity index (χ3n) is 14.3. The quantitative estimate of drug-likeness (QED) is 0.0308. The van der Waals surface area contributed by atoms with Crippen LogP contribution in [0.4, 0.5) is 0 Å². The van der Waals surface area contributed by atoms with E-state index < -0.39 is 124 Å². The Bertz CT molecular complexity index is 1440. The minimum atomic E-state index is -1.98. The van der Waals surface area contributed by atoms with Gasteiger partial charge in [-0.25, -0.2) is 0 Å². The van der Waals surface area contributed by atoms with Crippen molar-refractivity contribution < 1.29 is 89.4 Å². The molecule has 0 aliphatic carbocycles. The molecule has 0 spiro atoms. The number of aliphatic hydroxyl groups is 11. The molecule has 12 N–H and O–H groups in total. The van der Waals surface area contributed by atoms with Gasteiger partial charge in [0.25, 0.3) is 0 Å². The van der Waals surface area contributed by atoms with Crippen LogP contribution in [-0.4, -0.2) is 193 Å². The molecule has 17 atom stereocenters. The molecule has 0 aromatic rings. The van der Waals surface area contributed by atoms with Gasteiger partial charge in [-0.2, -0.15) is 0 Å². The molecule has 19 heteroatoms. The number of aliphatic hydroxyl groups excluding tert-OH is 11. The second kappa shape index (κ2) is 38.8. The van der Waals surface area contributed by atoms with E-state index in [1.165, 1.54) is 109 Å². The van der Waals surface area contributed by atoms with Gasteiger partial charge in [0.15, 0.2) is 18.9 Å². The van der Waals surface area contributed by atoms with Crippen molar-refractivity contribution in [2.45, 2.75) is 285 Å². The van der Waals surface area contributed by atoms with Crippen LogP contribution in [0, 0.1) is 0 Å². The molecule has 3 saturated heterocycles. The van der Waals surface area contributed by atoms with Gasteiger partial charge in [-0.15, -0.1) is 0 Å². The minimum Gasteiger partial charge on any atom is -0.394 e. The third kappa shape index (κ3) is 23.8. The molecule has 0 aromatic carbocycles. The van der Waals surface area contributed by atoms with Crippen LogP contribution in [0.1, 0.15) is 181 Å². The largest absolute Gasteiger partial charge is 0.394 e. The highest BCUT2D eigenvalue weighted by molar-refractivity contribution is 5.76. The van der Waals surface area contributed by atoms with Gasteiger partial charge in [-0.05, 0) is 32.1 Å². The summed E-state index contributed by atoms with van der Waals surface area (Å²) in [6, 6.07) is -0.983. The molecule has 73 heavy (non-hydrogen) atoms. The highest BCUT2D eigenvalue weighted by Crippen LogP contribution is 2.33. The lowest BCUT2D eigenvalue weighted by atomic mass is 9.96. The zero-order valence-corrected chi connectivity index (χ0v) is 44.1. The fraction of sp³-hybridized carbons (Fsp3) is 0.907. The van der Waals surface area contributed by atoms with E-state index in [9.17, 15) is 61.0 Å². The number of unbranched alkanes of at least 4 members (excludes halogenated alkanes) is 22. The molecule has 428 valence electrons. The van der Waals surface area contributed by atoms with Crippen LogP contribution in [0.15, 0.2) is 24.3 Å². The summed E-state index contributed by atoms with van der Waals surface area (Å²) < 4.78 is 34.1. The average Bonchev–Trinajstić information content (AvgIpc) is 3.39. The van der Waals surface area contributed by atoms with Crippen molar-refractivity contribution >= 4 is 5.91 Å². The van der Waals surface area contributed by atoms with Crippen LogP contribution in [0.5, 0.6) is 0 Å². The number of carbonyl (C=O) groups is 1. The standard InChI is InChI=1S/C54H99NO18/c1-3-5-7-9-11-13-15-16-17-18-19-20-22-24-26-28-30-32-42(60)55-37(38(59)31-29-27-25-23-21-14-12-10-8-6-4-2)36-68-52-48(66)45(63)50(40(34-57)70-52)73-54-49(67)46(64)51(41(35-58)71-54)72-53-47(65)44(62)43(61)39(33-56)69-53/h21,23,29,31,37-41,43-54,56-59,61-67H,3-20,22,24-28,30,32-36H2,1-2H3,(H,55,60)/b23-21+,31-29+. The zero-order valence-electron chi connectivity index (χ0n) is 44.1. The Morgan fingerprint density at radius 1 is 0.479 bits per heavy atom. The van der Waals surface area contributed by atoms with Gasteiger partial charge in [0.2, 0.25) is 5.91 Å². The van der Waals surface area contributed by atoms with E-state index in [4.69, 9.17) is 28.4 Å². The van der Waals surface area contributed by atoms with Crippen LogP contribution in [0.25, 0.3) is 0 Å². The second-order valence-corrected chi connectivity index (χ2v) is 20.4. The van der Waals surface area contributed by atoms with E-state index in [2.05, 4.69) is 31.3 Å². The van der Waals surface area contributed by atoms with Gasteiger partial charge < -0.3 is 89.9 Å². The summed E-state index contributed by atoms with van der Waals surface area (Å²) in [5, 5.41) is 120. The molecule has 1 amide bonds. The number of hydrogen-bond donors (Lipinski definition) is 12. The van der Waals surface area contributed by atoms with Crippen LogP contribution in [0.3, 0.4) is 0 Å². The maximum absolute atomic E-state index is 13.3. The normalized spacial score (nSPS) is 31.9. The molecule has 0 aromatic heterocycles. The van der Waals surface area contributed by atoms with Crippen LogP contribution < -0.4 is 5.32 Å². The Morgan fingerprint density at radius 2 is 0.877 bits per heavy atom. The molecule has 3 heterocycles. The van der Waals surface area contributed by atoms with Crippen LogP contribution in [0.2, 0.25) is 0 Å². The molecular weight excluding hydrogens is 951 g/mol. The predicted molar refractivity (Wildman–Crippen MR) is 273 cm³/mol. The lowest BCUT2D eigenvalue weighted by Crippen LogP contribution is -2.66. The van der Waals surface area contributed by atoms with Crippen LogP contribution >= 0.6 is 0 Å². The molecule has 3 rings (SSSR count). The van der Waals surface area contributed by atoms with Crippen molar-refractivity contribution in [2.24, 2.45) is 0 Å².